The fourth-order valence-electron chi connectivity index (χ4n) is 1.70. The van der Waals surface area contributed by atoms with Crippen LogP contribution in [0.15, 0.2) is 24.3 Å². The van der Waals surface area contributed by atoms with Gasteiger partial charge in [0.25, 0.3) is 0 Å². The van der Waals surface area contributed by atoms with Crippen molar-refractivity contribution in [3.8, 4) is 0 Å². The van der Waals surface area contributed by atoms with Gasteiger partial charge in [-0.3, -0.25) is 4.79 Å². The molecule has 0 unspecified atom stereocenters. The highest BCUT2D eigenvalue weighted by Gasteiger charge is 1.94. The molecule has 0 saturated heterocycles. The van der Waals surface area contributed by atoms with Crippen LogP contribution in [0.3, 0.4) is 0 Å². The second-order valence-electron chi connectivity index (χ2n) is 4.66. The van der Waals surface area contributed by atoms with E-state index in [2.05, 4.69) is 31.2 Å². The molecule has 0 aromatic heterocycles. The molecule has 0 aromatic rings. The Hall–Kier alpha value is -1.05. The summed E-state index contributed by atoms with van der Waals surface area (Å²) in [7, 11) is 0. The van der Waals surface area contributed by atoms with Crippen LogP contribution < -0.4 is 0 Å². The van der Waals surface area contributed by atoms with Gasteiger partial charge in [-0.25, -0.2) is 0 Å². The summed E-state index contributed by atoms with van der Waals surface area (Å²) >= 11 is 0. The number of unbranched alkanes of at least 4 members (excludes halogenated alkanes) is 6. The summed E-state index contributed by atoms with van der Waals surface area (Å²) in [6.07, 6.45) is 19.4. The number of carboxylic acids is 1. The highest BCUT2D eigenvalue weighted by molar-refractivity contribution is 5.66. The molecule has 0 aliphatic rings. The van der Waals surface area contributed by atoms with Gasteiger partial charge < -0.3 is 5.11 Å². The van der Waals surface area contributed by atoms with Crippen LogP contribution in [0.2, 0.25) is 0 Å². The molecule has 1 N–H and O–H groups in total. The van der Waals surface area contributed by atoms with E-state index in [1.54, 1.807) is 0 Å². The average molecular weight is 252 g/mol. The molecule has 0 heterocycles. The van der Waals surface area contributed by atoms with E-state index in [9.17, 15) is 4.79 Å². The molecule has 0 aromatic carbocycles. The fraction of sp³-hybridized carbons (Fsp3) is 0.688. The number of carboxylic acid groups (broad SMARTS) is 1. The Morgan fingerprint density at radius 1 is 0.833 bits per heavy atom. The van der Waals surface area contributed by atoms with E-state index >= 15 is 0 Å². The van der Waals surface area contributed by atoms with Gasteiger partial charge in [0.15, 0.2) is 0 Å². The van der Waals surface area contributed by atoms with Crippen LogP contribution in [0.5, 0.6) is 0 Å². The SMILES string of the molecule is CCC/C=C\CCCC/C=C\CCCCC(=O)O. The predicted octanol–water partition coefficient (Wildman–Crippen LogP) is 5.10. The maximum Gasteiger partial charge on any atom is 0.303 e. The van der Waals surface area contributed by atoms with Crippen molar-refractivity contribution in [1.82, 2.24) is 0 Å². The highest BCUT2D eigenvalue weighted by atomic mass is 16.4. The Morgan fingerprint density at radius 2 is 1.28 bits per heavy atom. The third-order valence-corrected chi connectivity index (χ3v) is 2.79. The number of rotatable bonds is 12. The third kappa shape index (κ3) is 14.9. The number of carbonyl (C=O) groups is 1. The summed E-state index contributed by atoms with van der Waals surface area (Å²) < 4.78 is 0. The molecule has 0 rings (SSSR count). The molecule has 0 atom stereocenters. The largest absolute Gasteiger partial charge is 0.481 e. The Balaban J connectivity index is 3.16. The summed E-state index contributed by atoms with van der Waals surface area (Å²) in [6, 6.07) is 0. The summed E-state index contributed by atoms with van der Waals surface area (Å²) in [5.41, 5.74) is 0. The maximum atomic E-state index is 10.3. The Labute approximate surface area is 112 Å². The van der Waals surface area contributed by atoms with E-state index in [0.717, 1.165) is 25.7 Å². The third-order valence-electron chi connectivity index (χ3n) is 2.79. The van der Waals surface area contributed by atoms with Crippen LogP contribution in [-0.4, -0.2) is 11.1 Å². The van der Waals surface area contributed by atoms with Gasteiger partial charge in [-0.05, 0) is 51.4 Å². The smallest absolute Gasteiger partial charge is 0.303 e. The number of hydrogen-bond donors (Lipinski definition) is 1. The van der Waals surface area contributed by atoms with Crippen LogP contribution in [0, 0.1) is 0 Å². The maximum absolute atomic E-state index is 10.3. The normalized spacial score (nSPS) is 11.6. The van der Waals surface area contributed by atoms with Gasteiger partial charge in [0, 0.05) is 6.42 Å². The van der Waals surface area contributed by atoms with Crippen molar-refractivity contribution in [3.63, 3.8) is 0 Å². The van der Waals surface area contributed by atoms with Crippen molar-refractivity contribution in [2.45, 2.75) is 71.1 Å². The molecule has 104 valence electrons. The van der Waals surface area contributed by atoms with E-state index in [0.29, 0.717) is 6.42 Å². The first-order chi connectivity index (χ1) is 8.77. The molecule has 2 heteroatoms. The minimum Gasteiger partial charge on any atom is -0.481 e. The van der Waals surface area contributed by atoms with E-state index in [-0.39, 0.29) is 0 Å². The lowest BCUT2D eigenvalue weighted by atomic mass is 10.1. The molecular formula is C16H28O2. The van der Waals surface area contributed by atoms with E-state index in [4.69, 9.17) is 5.11 Å². The van der Waals surface area contributed by atoms with Crippen LogP contribution in [0.4, 0.5) is 0 Å². The minimum absolute atomic E-state index is 0.304. The number of aliphatic carboxylic acids is 1. The molecule has 0 fully saturated rings. The molecule has 18 heavy (non-hydrogen) atoms. The van der Waals surface area contributed by atoms with Crippen molar-refractivity contribution in [3.05, 3.63) is 24.3 Å². The molecule has 0 amide bonds. The van der Waals surface area contributed by atoms with Gasteiger partial charge in [0.1, 0.15) is 0 Å². The summed E-state index contributed by atoms with van der Waals surface area (Å²) in [5.74, 6) is -0.685. The molecule has 0 aliphatic carbocycles. The highest BCUT2D eigenvalue weighted by Crippen LogP contribution is 2.05. The average Bonchev–Trinajstić information content (AvgIpc) is 2.34. The first kappa shape index (κ1) is 16.9. The number of hydrogen-bond acceptors (Lipinski definition) is 1. The molecule has 2 nitrogen and oxygen atoms in total. The quantitative estimate of drug-likeness (QED) is 0.387. The number of allylic oxidation sites excluding steroid dienone is 4. The van der Waals surface area contributed by atoms with Crippen molar-refractivity contribution >= 4 is 5.97 Å². The first-order valence-electron chi connectivity index (χ1n) is 7.29. The van der Waals surface area contributed by atoms with Crippen LogP contribution in [-0.2, 0) is 4.79 Å². The lowest BCUT2D eigenvalue weighted by Crippen LogP contribution is -1.92. The van der Waals surface area contributed by atoms with Crippen LogP contribution in [0.1, 0.15) is 71.1 Å². The topological polar surface area (TPSA) is 37.3 Å². The van der Waals surface area contributed by atoms with Crippen molar-refractivity contribution in [2.75, 3.05) is 0 Å². The predicted molar refractivity (Wildman–Crippen MR) is 77.8 cm³/mol. The zero-order valence-electron chi connectivity index (χ0n) is 11.7. The molecule has 0 aliphatic heterocycles. The van der Waals surface area contributed by atoms with Crippen molar-refractivity contribution in [1.29, 1.82) is 0 Å². The van der Waals surface area contributed by atoms with E-state index in [1.165, 1.54) is 32.1 Å². The Bertz CT molecular complexity index is 241. The summed E-state index contributed by atoms with van der Waals surface area (Å²) in [6.45, 7) is 2.20. The van der Waals surface area contributed by atoms with Crippen molar-refractivity contribution in [2.24, 2.45) is 0 Å². The van der Waals surface area contributed by atoms with E-state index in [1.807, 2.05) is 0 Å². The van der Waals surface area contributed by atoms with Crippen LogP contribution in [0.25, 0.3) is 0 Å². The monoisotopic (exact) mass is 252 g/mol. The Morgan fingerprint density at radius 3 is 1.72 bits per heavy atom. The van der Waals surface area contributed by atoms with Gasteiger partial charge in [-0.2, -0.15) is 0 Å². The molecule has 0 spiro atoms. The minimum atomic E-state index is -0.685. The molecular weight excluding hydrogens is 224 g/mol. The summed E-state index contributed by atoms with van der Waals surface area (Å²) in [4.78, 5) is 10.3. The lowest BCUT2D eigenvalue weighted by Gasteiger charge is -1.95. The second kappa shape index (κ2) is 14.0. The zero-order valence-corrected chi connectivity index (χ0v) is 11.7. The van der Waals surface area contributed by atoms with Gasteiger partial charge in [-0.1, -0.05) is 37.6 Å². The summed E-state index contributed by atoms with van der Waals surface area (Å²) in [5, 5.41) is 8.47. The van der Waals surface area contributed by atoms with Crippen LogP contribution >= 0.6 is 0 Å². The van der Waals surface area contributed by atoms with E-state index < -0.39 is 5.97 Å². The first-order valence-corrected chi connectivity index (χ1v) is 7.29. The fourth-order valence-corrected chi connectivity index (χ4v) is 1.70. The molecule has 0 bridgehead atoms. The second-order valence-corrected chi connectivity index (χ2v) is 4.66. The molecule has 0 radical (unpaired) electrons. The van der Waals surface area contributed by atoms with Gasteiger partial charge in [0.2, 0.25) is 0 Å². The molecule has 0 saturated carbocycles. The Kier molecular flexibility index (Phi) is 13.2. The standard InChI is InChI=1S/C16H28O2/c1-2-3-4-5-6-7-8-9-10-11-12-13-14-15-16(17)18/h4-5,10-11H,2-3,6-9,12-15H2,1H3,(H,17,18)/b5-4-,11-10-. The van der Waals surface area contributed by atoms with Gasteiger partial charge >= 0.3 is 5.97 Å². The zero-order chi connectivity index (χ0) is 13.5. The lowest BCUT2D eigenvalue weighted by molar-refractivity contribution is -0.137. The van der Waals surface area contributed by atoms with Crippen molar-refractivity contribution < 1.29 is 9.90 Å². The van der Waals surface area contributed by atoms with Gasteiger partial charge in [-0.15, -0.1) is 0 Å². The van der Waals surface area contributed by atoms with Gasteiger partial charge in [0.05, 0.1) is 0 Å².